The van der Waals surface area contributed by atoms with E-state index >= 15 is 0 Å². The number of carbonyl (C=O) groups is 1. The van der Waals surface area contributed by atoms with Gasteiger partial charge >= 0.3 is 7.82 Å². The van der Waals surface area contributed by atoms with Crippen LogP contribution < -0.4 is 5.32 Å². The standard InChI is InChI=1S/C45H87N2O6P/c1-6-8-10-12-14-16-18-20-22-23-25-26-28-30-32-34-36-38-44(48)43(42-53-54(50,51)52-41-40-47(3,4)5)46-45(49)39-37-35-33-31-29-27-24-21-19-17-15-13-11-9-7-2/h15,17,21,24,36,38,43-44,48H,6-14,16,18-20,22-23,25-35,37,39-42H2,1-5H3,(H-,46,49,50,51)/p+1/b17-15-,24-21-,38-36+. The van der Waals surface area contributed by atoms with E-state index in [2.05, 4.69) is 43.5 Å². The van der Waals surface area contributed by atoms with Crippen molar-refractivity contribution >= 4 is 13.7 Å². The van der Waals surface area contributed by atoms with Gasteiger partial charge in [-0.1, -0.05) is 172 Å². The topological polar surface area (TPSA) is 105 Å². The van der Waals surface area contributed by atoms with Crippen molar-refractivity contribution in [3.05, 3.63) is 36.5 Å². The number of unbranched alkanes of at least 4 members (excludes halogenated alkanes) is 23. The summed E-state index contributed by atoms with van der Waals surface area (Å²) in [4.78, 5) is 23.1. The van der Waals surface area contributed by atoms with Crippen molar-refractivity contribution in [2.45, 2.75) is 206 Å². The van der Waals surface area contributed by atoms with E-state index < -0.39 is 20.0 Å². The fraction of sp³-hybridized carbons (Fsp3) is 0.844. The second-order valence-corrected chi connectivity index (χ2v) is 17.9. The molecule has 0 aromatic heterocycles. The highest BCUT2D eigenvalue weighted by Gasteiger charge is 2.27. The number of nitrogens with zero attached hydrogens (tertiary/aromatic N) is 1. The number of phosphoric acid groups is 1. The lowest BCUT2D eigenvalue weighted by molar-refractivity contribution is -0.870. The van der Waals surface area contributed by atoms with Crippen molar-refractivity contribution in [1.29, 1.82) is 0 Å². The van der Waals surface area contributed by atoms with E-state index in [9.17, 15) is 19.4 Å². The van der Waals surface area contributed by atoms with Crippen LogP contribution in [0.4, 0.5) is 0 Å². The number of nitrogens with one attached hydrogen (secondary N) is 1. The first-order valence-electron chi connectivity index (χ1n) is 22.4. The largest absolute Gasteiger partial charge is 0.472 e. The fourth-order valence-corrected chi connectivity index (χ4v) is 6.98. The number of aliphatic hydroxyl groups is 1. The highest BCUT2D eigenvalue weighted by atomic mass is 31.2. The van der Waals surface area contributed by atoms with E-state index in [-0.39, 0.29) is 19.1 Å². The Kier molecular flexibility index (Phi) is 36.4. The second kappa shape index (κ2) is 37.3. The van der Waals surface area contributed by atoms with Gasteiger partial charge in [-0.05, 0) is 51.4 Å². The Labute approximate surface area is 334 Å². The minimum atomic E-state index is -4.34. The van der Waals surface area contributed by atoms with E-state index in [1.807, 2.05) is 27.2 Å². The van der Waals surface area contributed by atoms with Gasteiger partial charge in [0.1, 0.15) is 13.2 Å². The molecule has 0 saturated carbocycles. The smallest absolute Gasteiger partial charge is 0.387 e. The van der Waals surface area contributed by atoms with Gasteiger partial charge in [0.25, 0.3) is 0 Å². The van der Waals surface area contributed by atoms with E-state index in [0.717, 1.165) is 64.2 Å². The van der Waals surface area contributed by atoms with Crippen molar-refractivity contribution in [3.63, 3.8) is 0 Å². The van der Waals surface area contributed by atoms with E-state index in [4.69, 9.17) is 9.05 Å². The van der Waals surface area contributed by atoms with Gasteiger partial charge in [-0.2, -0.15) is 0 Å². The number of likely N-dealkylation sites (N-methyl/N-ethyl adjacent to an activating group) is 1. The molecule has 1 amide bonds. The zero-order valence-corrected chi connectivity index (χ0v) is 36.9. The van der Waals surface area contributed by atoms with Crippen molar-refractivity contribution in [3.8, 4) is 0 Å². The molecule has 0 bridgehead atoms. The Hall–Kier alpha value is -1.28. The molecule has 0 aromatic carbocycles. The van der Waals surface area contributed by atoms with Crippen LogP contribution in [0.15, 0.2) is 36.5 Å². The van der Waals surface area contributed by atoms with Crippen LogP contribution in [0, 0.1) is 0 Å². The summed E-state index contributed by atoms with van der Waals surface area (Å²) >= 11 is 0. The molecule has 54 heavy (non-hydrogen) atoms. The van der Waals surface area contributed by atoms with Crippen molar-refractivity contribution in [2.75, 3.05) is 40.9 Å². The van der Waals surface area contributed by atoms with Gasteiger partial charge in [0.2, 0.25) is 5.91 Å². The molecule has 0 rings (SSSR count). The van der Waals surface area contributed by atoms with Gasteiger partial charge in [0, 0.05) is 6.42 Å². The summed E-state index contributed by atoms with van der Waals surface area (Å²) in [6, 6.07) is -0.852. The maximum Gasteiger partial charge on any atom is 0.472 e. The van der Waals surface area contributed by atoms with Crippen LogP contribution in [-0.2, 0) is 18.4 Å². The molecule has 0 heterocycles. The summed E-state index contributed by atoms with van der Waals surface area (Å²) in [6.45, 7) is 4.77. The lowest BCUT2D eigenvalue weighted by atomic mass is 10.0. The Morgan fingerprint density at radius 1 is 0.630 bits per heavy atom. The van der Waals surface area contributed by atoms with Gasteiger partial charge in [-0.3, -0.25) is 13.8 Å². The third-order valence-electron chi connectivity index (χ3n) is 9.85. The first-order chi connectivity index (χ1) is 26.0. The third kappa shape index (κ3) is 39.0. The number of quaternary nitrogens is 1. The quantitative estimate of drug-likeness (QED) is 0.0247. The zero-order valence-electron chi connectivity index (χ0n) is 36.0. The second-order valence-electron chi connectivity index (χ2n) is 16.4. The molecule has 0 fully saturated rings. The average molecular weight is 784 g/mol. The van der Waals surface area contributed by atoms with E-state index in [1.54, 1.807) is 6.08 Å². The van der Waals surface area contributed by atoms with Crippen molar-refractivity contribution < 1.29 is 32.9 Å². The minimum absolute atomic E-state index is 0.0584. The number of amides is 1. The number of carbonyl (C=O) groups excluding carboxylic acids is 1. The van der Waals surface area contributed by atoms with Gasteiger partial charge in [0.15, 0.2) is 0 Å². The molecule has 0 aromatic rings. The van der Waals surface area contributed by atoms with Gasteiger partial charge in [0.05, 0.1) is 39.9 Å². The Morgan fingerprint density at radius 2 is 1.06 bits per heavy atom. The predicted molar refractivity (Wildman–Crippen MR) is 231 cm³/mol. The van der Waals surface area contributed by atoms with E-state index in [0.29, 0.717) is 17.4 Å². The molecule has 0 saturated heterocycles. The van der Waals surface area contributed by atoms with Crippen LogP contribution >= 0.6 is 7.82 Å². The molecule has 0 radical (unpaired) electrons. The average Bonchev–Trinajstić information content (AvgIpc) is 3.12. The Morgan fingerprint density at radius 3 is 1.56 bits per heavy atom. The Balaban J connectivity index is 4.46. The number of phosphoric ester groups is 1. The molecule has 3 unspecified atom stereocenters. The molecule has 3 atom stereocenters. The summed E-state index contributed by atoms with van der Waals surface area (Å²) in [5.41, 5.74) is 0. The van der Waals surface area contributed by atoms with Crippen molar-refractivity contribution in [1.82, 2.24) is 5.32 Å². The van der Waals surface area contributed by atoms with Crippen molar-refractivity contribution in [2.24, 2.45) is 0 Å². The van der Waals surface area contributed by atoms with Crippen LogP contribution in [0.1, 0.15) is 194 Å². The first-order valence-corrected chi connectivity index (χ1v) is 23.9. The number of hydrogen-bond donors (Lipinski definition) is 3. The maximum atomic E-state index is 12.9. The van der Waals surface area contributed by atoms with Gasteiger partial charge < -0.3 is 19.8 Å². The minimum Gasteiger partial charge on any atom is -0.387 e. The highest BCUT2D eigenvalue weighted by molar-refractivity contribution is 7.47. The predicted octanol–water partition coefficient (Wildman–Crippen LogP) is 12.3. The lowest BCUT2D eigenvalue weighted by Gasteiger charge is -2.25. The maximum absolute atomic E-state index is 12.9. The summed E-state index contributed by atoms with van der Waals surface area (Å²) in [6.07, 6.45) is 44.9. The van der Waals surface area contributed by atoms with Crippen LogP contribution in [0.5, 0.6) is 0 Å². The lowest BCUT2D eigenvalue weighted by Crippen LogP contribution is -2.45. The van der Waals surface area contributed by atoms with Gasteiger partial charge in [-0.25, -0.2) is 4.57 Å². The number of aliphatic hydroxyl groups excluding tert-OH is 1. The highest BCUT2D eigenvalue weighted by Crippen LogP contribution is 2.43. The van der Waals surface area contributed by atoms with Crippen LogP contribution in [0.25, 0.3) is 0 Å². The fourth-order valence-electron chi connectivity index (χ4n) is 6.25. The SMILES string of the molecule is CCCCC/C=C\C/C=C\CCCCCCCC(=O)NC(COP(=O)(O)OCC[N+](C)(C)C)C(O)/C=C/CCCCCCCCCCCCCCCCC. The summed E-state index contributed by atoms with van der Waals surface area (Å²) in [5, 5.41) is 13.8. The number of allylic oxidation sites excluding steroid dienone is 5. The molecule has 0 aliphatic heterocycles. The normalized spacial score (nSPS) is 14.7. The summed E-state index contributed by atoms with van der Waals surface area (Å²) in [7, 11) is 1.56. The number of hydrogen-bond acceptors (Lipinski definition) is 5. The summed E-state index contributed by atoms with van der Waals surface area (Å²) in [5.74, 6) is -0.192. The number of rotatable bonds is 40. The Bertz CT molecular complexity index is 980. The molecule has 0 aliphatic carbocycles. The molecule has 318 valence electrons. The molecule has 9 heteroatoms. The van der Waals surface area contributed by atoms with Crippen LogP contribution in [0.3, 0.4) is 0 Å². The molecular formula is C45H88N2O6P+. The molecule has 0 spiro atoms. The first kappa shape index (κ1) is 52.7. The molecule has 8 nitrogen and oxygen atoms in total. The van der Waals surface area contributed by atoms with Crippen LogP contribution in [-0.4, -0.2) is 73.4 Å². The monoisotopic (exact) mass is 784 g/mol. The van der Waals surface area contributed by atoms with Gasteiger partial charge in [-0.15, -0.1) is 0 Å². The third-order valence-corrected chi connectivity index (χ3v) is 10.8. The molecule has 3 N–H and O–H groups in total. The van der Waals surface area contributed by atoms with E-state index in [1.165, 1.54) is 109 Å². The van der Waals surface area contributed by atoms with Crippen LogP contribution in [0.2, 0.25) is 0 Å². The summed E-state index contributed by atoms with van der Waals surface area (Å²) < 4.78 is 23.5. The molecule has 0 aliphatic rings. The zero-order chi connectivity index (χ0) is 40.0. The molecular weight excluding hydrogens is 695 g/mol.